The number of nitrogens with zero attached hydrogens (tertiary/aromatic N) is 1. The van der Waals surface area contributed by atoms with Gasteiger partial charge in [-0.25, -0.2) is 4.39 Å². The second-order valence-corrected chi connectivity index (χ2v) is 8.93. The first-order valence-electron chi connectivity index (χ1n) is 11.6. The van der Waals surface area contributed by atoms with Gasteiger partial charge in [0.05, 0.1) is 12.6 Å². The van der Waals surface area contributed by atoms with Gasteiger partial charge >= 0.3 is 0 Å². The topological polar surface area (TPSA) is 110 Å². The molecule has 1 aliphatic carbocycles. The van der Waals surface area contributed by atoms with E-state index < -0.39 is 17.2 Å². The van der Waals surface area contributed by atoms with Crippen molar-refractivity contribution in [3.05, 3.63) is 78.2 Å². The second-order valence-electron chi connectivity index (χ2n) is 8.93. The van der Waals surface area contributed by atoms with Gasteiger partial charge in [0.2, 0.25) is 11.8 Å². The van der Waals surface area contributed by atoms with E-state index in [-0.39, 0.29) is 11.6 Å². The number of fused-ring (bicyclic) bond motifs is 1. The molecule has 0 bridgehead atoms. The third kappa shape index (κ3) is 4.75. The molecule has 9 heteroatoms. The van der Waals surface area contributed by atoms with Gasteiger partial charge in [0.15, 0.2) is 11.5 Å². The Morgan fingerprint density at radius 2 is 1.62 bits per heavy atom. The number of hydrogen-bond acceptors (Lipinski definition) is 6. The fourth-order valence-corrected chi connectivity index (χ4v) is 4.03. The van der Waals surface area contributed by atoms with Crippen molar-refractivity contribution in [3.63, 3.8) is 0 Å². The maximum absolute atomic E-state index is 13.5. The van der Waals surface area contributed by atoms with Crippen molar-refractivity contribution in [1.29, 1.82) is 0 Å². The molecule has 3 aromatic carbocycles. The van der Waals surface area contributed by atoms with Gasteiger partial charge in [-0.2, -0.15) is 0 Å². The number of carbonyl (C=O) groups is 2. The van der Waals surface area contributed by atoms with Crippen LogP contribution in [0.4, 0.5) is 15.8 Å². The van der Waals surface area contributed by atoms with Crippen molar-refractivity contribution in [2.45, 2.75) is 19.8 Å². The molecular formula is C28H24FN3O5. The van der Waals surface area contributed by atoms with E-state index in [2.05, 4.69) is 15.6 Å². The third-order valence-corrected chi connectivity index (χ3v) is 6.38. The molecule has 1 heterocycles. The number of aryl methyl sites for hydroxylation is 1. The molecule has 1 aromatic heterocycles. The largest absolute Gasteiger partial charge is 0.504 e. The molecule has 1 saturated carbocycles. The fraction of sp³-hybridized carbons (Fsp3) is 0.179. The number of carbonyl (C=O) groups excluding carboxylic acids is 2. The maximum atomic E-state index is 13.5. The van der Waals surface area contributed by atoms with E-state index in [9.17, 15) is 19.1 Å². The standard InChI is InChI=1S/C28H24FN3O5/c1-16-13-18(5-8-21(16)29)32-27(35)28(10-11-28)26(34)31-17-3-6-19(7-4-17)37-24-9-12-30-22-15-25(36-2)23(33)14-20(22)24/h3-9,12-15,33H,10-11H2,1-2H3,(H,31,34)(H,32,35). The number of benzene rings is 3. The SMILES string of the molecule is COc1cc2nccc(Oc3ccc(NC(=O)C4(C(=O)Nc5ccc(F)c(C)c5)CC4)cc3)c2cc1O. The van der Waals surface area contributed by atoms with Gasteiger partial charge in [0.25, 0.3) is 0 Å². The Hall–Kier alpha value is -4.66. The maximum Gasteiger partial charge on any atom is 0.240 e. The Balaban J connectivity index is 1.26. The zero-order valence-corrected chi connectivity index (χ0v) is 20.2. The Labute approximate surface area is 212 Å². The first-order valence-corrected chi connectivity index (χ1v) is 11.6. The van der Waals surface area contributed by atoms with E-state index in [4.69, 9.17) is 9.47 Å². The summed E-state index contributed by atoms with van der Waals surface area (Å²) in [5.41, 5.74) is 0.803. The number of aromatic hydroxyl groups is 1. The van der Waals surface area contributed by atoms with Crippen molar-refractivity contribution in [2.75, 3.05) is 17.7 Å². The second kappa shape index (κ2) is 9.42. The molecule has 5 rings (SSSR count). The summed E-state index contributed by atoms with van der Waals surface area (Å²) in [7, 11) is 1.46. The summed E-state index contributed by atoms with van der Waals surface area (Å²) in [4.78, 5) is 30.1. The average Bonchev–Trinajstić information content (AvgIpc) is 3.70. The summed E-state index contributed by atoms with van der Waals surface area (Å²) < 4.78 is 24.6. The van der Waals surface area contributed by atoms with Crippen LogP contribution in [0, 0.1) is 18.2 Å². The molecule has 1 fully saturated rings. The predicted octanol–water partition coefficient (Wildman–Crippen LogP) is 5.55. The minimum atomic E-state index is -1.16. The fourth-order valence-electron chi connectivity index (χ4n) is 4.03. The number of rotatable bonds is 7. The number of anilines is 2. The number of hydrogen-bond donors (Lipinski definition) is 3. The zero-order valence-electron chi connectivity index (χ0n) is 20.2. The van der Waals surface area contributed by atoms with Crippen molar-refractivity contribution < 1.29 is 28.6 Å². The number of ether oxygens (including phenoxy) is 2. The summed E-state index contributed by atoms with van der Waals surface area (Å²) in [6.07, 6.45) is 2.45. The van der Waals surface area contributed by atoms with Crippen LogP contribution in [0.1, 0.15) is 18.4 Å². The molecule has 37 heavy (non-hydrogen) atoms. The molecular weight excluding hydrogens is 477 g/mol. The molecule has 1 aliphatic rings. The average molecular weight is 502 g/mol. The summed E-state index contributed by atoms with van der Waals surface area (Å²) in [6, 6.07) is 15.8. The number of aromatic nitrogens is 1. The van der Waals surface area contributed by atoms with Crippen LogP contribution in [0.15, 0.2) is 66.9 Å². The molecule has 4 aromatic rings. The number of pyridine rings is 1. The van der Waals surface area contributed by atoms with Crippen LogP contribution in [0.5, 0.6) is 23.0 Å². The number of phenolic OH excluding ortho intramolecular Hbond substituents is 1. The van der Waals surface area contributed by atoms with Crippen molar-refractivity contribution in [1.82, 2.24) is 4.98 Å². The monoisotopic (exact) mass is 501 g/mol. The van der Waals surface area contributed by atoms with Gasteiger partial charge in [-0.05, 0) is 79.9 Å². The Bertz CT molecular complexity index is 1520. The van der Waals surface area contributed by atoms with Crippen molar-refractivity contribution in [3.8, 4) is 23.0 Å². The lowest BCUT2D eigenvalue weighted by Gasteiger charge is -2.16. The lowest BCUT2D eigenvalue weighted by Crippen LogP contribution is -2.35. The number of methoxy groups -OCH3 is 1. The lowest BCUT2D eigenvalue weighted by atomic mass is 10.0. The summed E-state index contributed by atoms with van der Waals surface area (Å²) in [5, 5.41) is 16.3. The van der Waals surface area contributed by atoms with Gasteiger partial charge in [0.1, 0.15) is 22.7 Å². The molecule has 188 valence electrons. The van der Waals surface area contributed by atoms with Gasteiger partial charge in [0, 0.05) is 29.0 Å². The van der Waals surface area contributed by atoms with Gasteiger partial charge in [-0.1, -0.05) is 0 Å². The summed E-state index contributed by atoms with van der Waals surface area (Å²) in [5.74, 6) is 0.101. The number of nitrogens with one attached hydrogen (secondary N) is 2. The van der Waals surface area contributed by atoms with Crippen LogP contribution in [-0.2, 0) is 9.59 Å². The quantitative estimate of drug-likeness (QED) is 0.287. The highest BCUT2D eigenvalue weighted by Gasteiger charge is 2.56. The first kappa shape index (κ1) is 24.1. The summed E-state index contributed by atoms with van der Waals surface area (Å²) in [6.45, 7) is 1.61. The van der Waals surface area contributed by atoms with Gasteiger partial charge in [-0.15, -0.1) is 0 Å². The lowest BCUT2D eigenvalue weighted by molar-refractivity contribution is -0.131. The molecule has 0 radical (unpaired) electrons. The van der Waals surface area contributed by atoms with Crippen LogP contribution < -0.4 is 20.1 Å². The Kier molecular flexibility index (Phi) is 6.12. The molecule has 0 spiro atoms. The minimum Gasteiger partial charge on any atom is -0.504 e. The van der Waals surface area contributed by atoms with E-state index in [1.165, 1.54) is 31.4 Å². The molecule has 0 atom stereocenters. The smallest absolute Gasteiger partial charge is 0.240 e. The number of amides is 2. The molecule has 3 N–H and O–H groups in total. The van der Waals surface area contributed by atoms with Crippen molar-refractivity contribution in [2.24, 2.45) is 5.41 Å². The van der Waals surface area contributed by atoms with Crippen LogP contribution in [-0.4, -0.2) is 29.0 Å². The van der Waals surface area contributed by atoms with E-state index in [0.29, 0.717) is 57.9 Å². The highest BCUT2D eigenvalue weighted by molar-refractivity contribution is 6.16. The summed E-state index contributed by atoms with van der Waals surface area (Å²) >= 11 is 0. The molecule has 8 nitrogen and oxygen atoms in total. The van der Waals surface area contributed by atoms with Crippen LogP contribution in [0.2, 0.25) is 0 Å². The van der Waals surface area contributed by atoms with Crippen molar-refractivity contribution >= 4 is 34.1 Å². The van der Waals surface area contributed by atoms with E-state index >= 15 is 0 Å². The highest BCUT2D eigenvalue weighted by Crippen LogP contribution is 2.47. The van der Waals surface area contributed by atoms with E-state index in [0.717, 1.165) is 0 Å². The predicted molar refractivity (Wildman–Crippen MR) is 137 cm³/mol. The minimum absolute atomic E-state index is 0.0292. The van der Waals surface area contributed by atoms with Crippen LogP contribution in [0.25, 0.3) is 10.9 Å². The normalized spacial score (nSPS) is 13.6. The highest BCUT2D eigenvalue weighted by atomic mass is 19.1. The third-order valence-electron chi connectivity index (χ3n) is 6.38. The Morgan fingerprint density at radius 1 is 0.946 bits per heavy atom. The number of halogens is 1. The van der Waals surface area contributed by atoms with E-state index in [1.807, 2.05) is 0 Å². The molecule has 0 unspecified atom stereocenters. The molecule has 0 aliphatic heterocycles. The molecule has 0 saturated heterocycles. The van der Waals surface area contributed by atoms with Gasteiger partial charge < -0.3 is 25.2 Å². The van der Waals surface area contributed by atoms with Crippen LogP contribution in [0.3, 0.4) is 0 Å². The van der Waals surface area contributed by atoms with E-state index in [1.54, 1.807) is 49.5 Å². The number of phenols is 1. The molecule has 2 amide bonds. The van der Waals surface area contributed by atoms with Gasteiger partial charge in [-0.3, -0.25) is 14.6 Å². The van der Waals surface area contributed by atoms with Crippen LogP contribution >= 0.6 is 0 Å². The Morgan fingerprint density at radius 3 is 2.27 bits per heavy atom. The zero-order chi connectivity index (χ0) is 26.2. The first-order chi connectivity index (χ1) is 17.8.